The van der Waals surface area contributed by atoms with Crippen LogP contribution in [-0.4, -0.2) is 47.7 Å². The van der Waals surface area contributed by atoms with E-state index in [4.69, 9.17) is 18.9 Å². The first kappa shape index (κ1) is 25.6. The van der Waals surface area contributed by atoms with Crippen molar-refractivity contribution in [2.24, 2.45) is 0 Å². The molecule has 37 heavy (non-hydrogen) atoms. The first-order valence-electron chi connectivity index (χ1n) is 11.2. The van der Waals surface area contributed by atoms with E-state index < -0.39 is 42.0 Å². The quantitative estimate of drug-likeness (QED) is 0.264. The molecule has 0 unspecified atom stereocenters. The fourth-order valence-electron chi connectivity index (χ4n) is 3.57. The number of carbonyl (C=O) groups excluding carboxylic acids is 2. The lowest BCUT2D eigenvalue weighted by Crippen LogP contribution is -2.33. The highest BCUT2D eigenvalue weighted by Crippen LogP contribution is 2.29. The number of aromatic nitrogens is 2. The van der Waals surface area contributed by atoms with Gasteiger partial charge in [0.1, 0.15) is 18.5 Å². The molecular formula is C26H23FN2O8. The van der Waals surface area contributed by atoms with Gasteiger partial charge in [-0.3, -0.25) is 19.1 Å². The number of H-pyrrole nitrogens is 1. The Balaban J connectivity index is 1.33. The van der Waals surface area contributed by atoms with Crippen molar-refractivity contribution in [1.29, 1.82) is 0 Å². The smallest absolute Gasteiger partial charge is 0.344 e. The van der Waals surface area contributed by atoms with Gasteiger partial charge >= 0.3 is 11.7 Å². The predicted molar refractivity (Wildman–Crippen MR) is 128 cm³/mol. The molecule has 1 aliphatic heterocycles. The van der Waals surface area contributed by atoms with Crippen molar-refractivity contribution in [3.63, 3.8) is 0 Å². The third-order valence-electron chi connectivity index (χ3n) is 5.51. The summed E-state index contributed by atoms with van der Waals surface area (Å²) in [7, 11) is 1.41. The molecule has 0 amide bonds. The minimum atomic E-state index is -0.756. The summed E-state index contributed by atoms with van der Waals surface area (Å²) in [5.74, 6) is -1.06. The zero-order valence-electron chi connectivity index (χ0n) is 19.9. The van der Waals surface area contributed by atoms with Gasteiger partial charge in [-0.25, -0.2) is 14.0 Å². The molecule has 192 valence electrons. The zero-order chi connectivity index (χ0) is 26.5. The monoisotopic (exact) mass is 510 g/mol. The minimum absolute atomic E-state index is 0.132. The molecule has 1 aromatic heterocycles. The van der Waals surface area contributed by atoms with Crippen LogP contribution in [0, 0.1) is 12.7 Å². The van der Waals surface area contributed by atoms with E-state index >= 15 is 0 Å². The second-order valence-corrected chi connectivity index (χ2v) is 8.10. The highest BCUT2D eigenvalue weighted by Gasteiger charge is 2.23. The maximum absolute atomic E-state index is 13.2. The van der Waals surface area contributed by atoms with Crippen LogP contribution in [-0.2, 0) is 14.3 Å². The lowest BCUT2D eigenvalue weighted by Gasteiger charge is -2.16. The number of benzene rings is 2. The molecule has 0 bridgehead atoms. The van der Waals surface area contributed by atoms with Gasteiger partial charge in [0.05, 0.1) is 7.11 Å². The number of hydrogen-bond acceptors (Lipinski definition) is 8. The van der Waals surface area contributed by atoms with Crippen LogP contribution in [0.25, 0.3) is 0 Å². The number of hydrogen-bond donors (Lipinski definition) is 1. The number of halogens is 1. The molecule has 10 nitrogen and oxygen atoms in total. The van der Waals surface area contributed by atoms with Crippen LogP contribution in [0.1, 0.15) is 27.7 Å². The maximum atomic E-state index is 13.2. The number of aryl methyl sites for hydroxylation is 1. The number of nitrogens with one attached hydrogen (secondary N) is 1. The Morgan fingerprint density at radius 1 is 1.05 bits per heavy atom. The number of aromatic amines is 1. The Kier molecular flexibility index (Phi) is 7.63. The van der Waals surface area contributed by atoms with E-state index in [9.17, 15) is 23.6 Å². The van der Waals surface area contributed by atoms with Gasteiger partial charge in [0.15, 0.2) is 30.1 Å². The topological polar surface area (TPSA) is 126 Å². The average Bonchev–Trinajstić information content (AvgIpc) is 3.37. The summed E-state index contributed by atoms with van der Waals surface area (Å²) in [5, 5.41) is 0. The van der Waals surface area contributed by atoms with Crippen molar-refractivity contribution >= 4 is 11.8 Å². The minimum Gasteiger partial charge on any atom is -0.493 e. The lowest BCUT2D eigenvalue weighted by molar-refractivity contribution is -0.150. The molecule has 2 aromatic carbocycles. The Morgan fingerprint density at radius 2 is 1.78 bits per heavy atom. The van der Waals surface area contributed by atoms with Crippen molar-refractivity contribution < 1.29 is 32.9 Å². The zero-order valence-corrected chi connectivity index (χ0v) is 19.9. The van der Waals surface area contributed by atoms with Crippen LogP contribution in [0.15, 0.2) is 70.4 Å². The Morgan fingerprint density at radius 3 is 2.51 bits per heavy atom. The van der Waals surface area contributed by atoms with Crippen LogP contribution in [0.4, 0.5) is 4.39 Å². The summed E-state index contributed by atoms with van der Waals surface area (Å²) in [5.41, 5.74) is -0.193. The van der Waals surface area contributed by atoms with E-state index in [2.05, 4.69) is 4.98 Å². The molecule has 3 aromatic rings. The van der Waals surface area contributed by atoms with E-state index in [1.807, 2.05) is 0 Å². The first-order valence-corrected chi connectivity index (χ1v) is 11.2. The number of ketones is 1. The van der Waals surface area contributed by atoms with Gasteiger partial charge in [-0.2, -0.15) is 0 Å². The van der Waals surface area contributed by atoms with Crippen LogP contribution in [0.3, 0.4) is 0 Å². The number of esters is 1. The van der Waals surface area contributed by atoms with E-state index in [-0.39, 0.29) is 23.7 Å². The van der Waals surface area contributed by atoms with E-state index in [1.165, 1.54) is 60.3 Å². The fourth-order valence-corrected chi connectivity index (χ4v) is 3.57. The Bertz CT molecular complexity index is 1460. The highest BCUT2D eigenvalue weighted by atomic mass is 19.1. The summed E-state index contributed by atoms with van der Waals surface area (Å²) in [4.78, 5) is 50.8. The van der Waals surface area contributed by atoms with Crippen LogP contribution in [0.2, 0.25) is 0 Å². The molecular weight excluding hydrogens is 487 g/mol. The van der Waals surface area contributed by atoms with Crippen molar-refractivity contribution in [2.75, 3.05) is 20.3 Å². The van der Waals surface area contributed by atoms with Crippen molar-refractivity contribution in [3.8, 4) is 11.5 Å². The SMILES string of the molecule is COc1ccc(C(=O)c2ccc(F)cc2)cc1OCC(=O)OC[C@@H]1C=C[C@H](n2cc(C)c(=O)[nH]c2=O)O1. The molecule has 0 saturated carbocycles. The predicted octanol–water partition coefficient (Wildman–Crippen LogP) is 2.30. The molecule has 4 rings (SSSR count). The number of carbonyl (C=O) groups is 2. The van der Waals surface area contributed by atoms with Gasteiger partial charge in [0.2, 0.25) is 0 Å². The average molecular weight is 510 g/mol. The largest absolute Gasteiger partial charge is 0.493 e. The first-order chi connectivity index (χ1) is 17.7. The summed E-state index contributed by atoms with van der Waals surface area (Å²) < 4.78 is 36.1. The highest BCUT2D eigenvalue weighted by molar-refractivity contribution is 6.09. The molecule has 1 aliphatic rings. The normalized spacial score (nSPS) is 16.4. The maximum Gasteiger partial charge on any atom is 0.344 e. The van der Waals surface area contributed by atoms with E-state index in [0.717, 1.165) is 0 Å². The fraction of sp³-hybridized carbons (Fsp3) is 0.231. The van der Waals surface area contributed by atoms with Gasteiger partial charge in [-0.15, -0.1) is 0 Å². The van der Waals surface area contributed by atoms with E-state index in [1.54, 1.807) is 19.1 Å². The van der Waals surface area contributed by atoms with Gasteiger partial charge in [0, 0.05) is 22.9 Å². The molecule has 1 N–H and O–H groups in total. The molecule has 0 fully saturated rings. The van der Waals surface area contributed by atoms with Crippen molar-refractivity contribution in [3.05, 3.63) is 104 Å². The number of ether oxygens (including phenoxy) is 4. The molecule has 2 atom stereocenters. The van der Waals surface area contributed by atoms with E-state index in [0.29, 0.717) is 16.9 Å². The van der Waals surface area contributed by atoms with Crippen molar-refractivity contribution in [2.45, 2.75) is 19.3 Å². The van der Waals surface area contributed by atoms with Crippen LogP contribution in [0.5, 0.6) is 11.5 Å². The third-order valence-corrected chi connectivity index (χ3v) is 5.51. The molecule has 0 saturated heterocycles. The number of methoxy groups -OCH3 is 1. The summed E-state index contributed by atoms with van der Waals surface area (Å²) >= 11 is 0. The van der Waals surface area contributed by atoms with Gasteiger partial charge in [-0.05, 0) is 55.5 Å². The summed E-state index contributed by atoms with van der Waals surface area (Å²) in [6.07, 6.45) is 3.27. The molecule has 0 aliphatic carbocycles. The summed E-state index contributed by atoms with van der Waals surface area (Å²) in [6.45, 7) is 0.964. The number of nitrogens with zero attached hydrogens (tertiary/aromatic N) is 1. The molecule has 0 spiro atoms. The number of rotatable bonds is 9. The molecule has 11 heteroatoms. The molecule has 0 radical (unpaired) electrons. The molecule has 2 heterocycles. The Hall–Kier alpha value is -4.51. The van der Waals surface area contributed by atoms with Crippen LogP contribution >= 0.6 is 0 Å². The standard InChI is InChI=1S/C26H23FN2O8/c1-15-12-29(26(33)28-25(15)32)22-10-8-19(37-22)13-36-23(30)14-35-21-11-17(5-9-20(21)34-2)24(31)16-3-6-18(27)7-4-16/h3-12,19,22H,13-14H2,1-2H3,(H,28,32,33)/t19-,22+/m0/s1. The van der Waals surface area contributed by atoms with Crippen molar-refractivity contribution in [1.82, 2.24) is 9.55 Å². The third kappa shape index (κ3) is 6.01. The second kappa shape index (κ2) is 11.0. The Labute approximate surface area is 209 Å². The van der Waals surface area contributed by atoms with Crippen LogP contribution < -0.4 is 20.7 Å². The van der Waals surface area contributed by atoms with Gasteiger partial charge in [0.25, 0.3) is 5.56 Å². The second-order valence-electron chi connectivity index (χ2n) is 8.10. The van der Waals surface area contributed by atoms with Gasteiger partial charge in [-0.1, -0.05) is 6.08 Å². The summed E-state index contributed by atoms with van der Waals surface area (Å²) in [6, 6.07) is 9.61. The van der Waals surface area contributed by atoms with Gasteiger partial charge < -0.3 is 18.9 Å². The lowest BCUT2D eigenvalue weighted by atomic mass is 10.0.